The largest absolute Gasteiger partial charge is 0.465 e. The molecule has 0 saturated carbocycles. The number of carboxylic acid groups (broad SMARTS) is 1. The van der Waals surface area contributed by atoms with Gasteiger partial charge in [0.25, 0.3) is 0 Å². The minimum atomic E-state index is -1.38. The Morgan fingerprint density at radius 3 is 2.32 bits per heavy atom. The lowest BCUT2D eigenvalue weighted by molar-refractivity contribution is -0.127. The fourth-order valence-corrected chi connectivity index (χ4v) is 1.96. The molecule has 0 radical (unpaired) electrons. The Morgan fingerprint density at radius 2 is 1.82 bits per heavy atom. The van der Waals surface area contributed by atoms with Gasteiger partial charge in [0.1, 0.15) is 11.9 Å². The fraction of sp³-hybridized carbons (Fsp3) is 0.357. The zero-order valence-electron chi connectivity index (χ0n) is 11.8. The highest BCUT2D eigenvalue weighted by Crippen LogP contribution is 2.06. The van der Waals surface area contributed by atoms with E-state index in [0.29, 0.717) is 5.56 Å². The second-order valence-electron chi connectivity index (χ2n) is 4.66. The number of hydrogen-bond acceptors (Lipinski definition) is 3. The molecule has 120 valence electrons. The van der Waals surface area contributed by atoms with E-state index >= 15 is 0 Å². The molecule has 0 heterocycles. The number of carbonyl (C=O) groups excluding carboxylic acids is 2. The summed E-state index contributed by atoms with van der Waals surface area (Å²) in [5, 5.41) is 13.3. The summed E-state index contributed by atoms with van der Waals surface area (Å²) < 4.78 is 12.9. The van der Waals surface area contributed by atoms with Crippen LogP contribution in [0.25, 0.3) is 0 Å². The molecular formula is C14H16ClFN2O4. The molecule has 22 heavy (non-hydrogen) atoms. The molecule has 1 aromatic rings. The molecule has 0 bridgehead atoms. The van der Waals surface area contributed by atoms with Gasteiger partial charge in [-0.25, -0.2) is 9.18 Å². The van der Waals surface area contributed by atoms with Crippen LogP contribution >= 0.6 is 11.6 Å². The van der Waals surface area contributed by atoms with Crippen LogP contribution in [-0.4, -0.2) is 40.9 Å². The van der Waals surface area contributed by atoms with Crippen molar-refractivity contribution in [1.29, 1.82) is 0 Å². The van der Waals surface area contributed by atoms with Crippen LogP contribution in [-0.2, 0) is 16.0 Å². The third kappa shape index (κ3) is 5.69. The van der Waals surface area contributed by atoms with E-state index in [-0.39, 0.29) is 18.1 Å². The summed E-state index contributed by atoms with van der Waals surface area (Å²) in [5.41, 5.74) is 0.576. The summed E-state index contributed by atoms with van der Waals surface area (Å²) in [5.74, 6) is -1.72. The lowest BCUT2D eigenvalue weighted by Crippen LogP contribution is -2.51. The number of benzene rings is 1. The zero-order chi connectivity index (χ0) is 16.7. The van der Waals surface area contributed by atoms with Crippen LogP contribution in [0.3, 0.4) is 0 Å². The van der Waals surface area contributed by atoms with Crippen molar-refractivity contribution in [2.24, 2.45) is 0 Å². The first-order chi connectivity index (χ1) is 10.3. The van der Waals surface area contributed by atoms with E-state index in [1.807, 2.05) is 0 Å². The first kappa shape index (κ1) is 17.9. The maximum absolute atomic E-state index is 12.9. The summed E-state index contributed by atoms with van der Waals surface area (Å²) in [4.78, 5) is 34.2. The van der Waals surface area contributed by atoms with Gasteiger partial charge in [-0.15, -0.1) is 11.6 Å². The number of hydrogen-bond donors (Lipinski definition) is 3. The molecule has 2 atom stereocenters. The van der Waals surface area contributed by atoms with Crippen molar-refractivity contribution >= 4 is 29.4 Å². The van der Waals surface area contributed by atoms with Gasteiger partial charge < -0.3 is 15.7 Å². The first-order valence-electron chi connectivity index (χ1n) is 6.46. The Kier molecular flexibility index (Phi) is 6.78. The maximum Gasteiger partial charge on any atom is 0.405 e. The SMILES string of the molecule is CC(NC(=O)C(Cc1ccc(F)cc1)NC(=O)O)C(=O)CCl. The van der Waals surface area contributed by atoms with Gasteiger partial charge in [-0.3, -0.25) is 9.59 Å². The summed E-state index contributed by atoms with van der Waals surface area (Å²) in [6, 6.07) is 3.40. The Labute approximate surface area is 131 Å². The molecule has 2 amide bonds. The summed E-state index contributed by atoms with van der Waals surface area (Å²) >= 11 is 5.39. The third-order valence-electron chi connectivity index (χ3n) is 2.94. The number of amides is 2. The van der Waals surface area contributed by atoms with Gasteiger partial charge in [0, 0.05) is 6.42 Å². The van der Waals surface area contributed by atoms with Crippen molar-refractivity contribution in [3.63, 3.8) is 0 Å². The molecule has 2 unspecified atom stereocenters. The van der Waals surface area contributed by atoms with Crippen molar-refractivity contribution < 1.29 is 23.9 Å². The predicted octanol–water partition coefficient (Wildman–Crippen LogP) is 1.32. The van der Waals surface area contributed by atoms with Crippen LogP contribution in [0.1, 0.15) is 12.5 Å². The van der Waals surface area contributed by atoms with Crippen LogP contribution < -0.4 is 10.6 Å². The van der Waals surface area contributed by atoms with Crippen LogP contribution in [0.2, 0.25) is 0 Å². The topological polar surface area (TPSA) is 95.5 Å². The van der Waals surface area contributed by atoms with E-state index in [9.17, 15) is 18.8 Å². The highest BCUT2D eigenvalue weighted by molar-refractivity contribution is 6.28. The molecule has 8 heteroatoms. The molecule has 6 nitrogen and oxygen atoms in total. The molecular weight excluding hydrogens is 315 g/mol. The highest BCUT2D eigenvalue weighted by atomic mass is 35.5. The monoisotopic (exact) mass is 330 g/mol. The van der Waals surface area contributed by atoms with Crippen molar-refractivity contribution in [1.82, 2.24) is 10.6 Å². The van der Waals surface area contributed by atoms with Crippen molar-refractivity contribution in [2.45, 2.75) is 25.4 Å². The van der Waals surface area contributed by atoms with E-state index in [2.05, 4.69) is 10.6 Å². The van der Waals surface area contributed by atoms with Crippen molar-refractivity contribution in [2.75, 3.05) is 5.88 Å². The smallest absolute Gasteiger partial charge is 0.405 e. The van der Waals surface area contributed by atoms with E-state index in [1.165, 1.54) is 31.2 Å². The maximum atomic E-state index is 12.9. The van der Waals surface area contributed by atoms with Crippen LogP contribution in [0, 0.1) is 5.82 Å². The van der Waals surface area contributed by atoms with Crippen LogP contribution in [0.4, 0.5) is 9.18 Å². The zero-order valence-corrected chi connectivity index (χ0v) is 12.6. The van der Waals surface area contributed by atoms with Gasteiger partial charge in [0.15, 0.2) is 5.78 Å². The minimum Gasteiger partial charge on any atom is -0.465 e. The fourth-order valence-electron chi connectivity index (χ4n) is 1.72. The normalized spacial score (nSPS) is 13.0. The van der Waals surface area contributed by atoms with Crippen LogP contribution in [0.5, 0.6) is 0 Å². The second kappa shape index (κ2) is 8.33. The summed E-state index contributed by atoms with van der Waals surface area (Å²) in [6.07, 6.45) is -1.35. The molecule has 0 aliphatic carbocycles. The number of carbonyl (C=O) groups is 3. The highest BCUT2D eigenvalue weighted by Gasteiger charge is 2.24. The molecule has 0 aliphatic heterocycles. The Morgan fingerprint density at radius 1 is 1.23 bits per heavy atom. The Balaban J connectivity index is 2.78. The van der Waals surface area contributed by atoms with Gasteiger partial charge in [-0.1, -0.05) is 12.1 Å². The molecule has 0 aromatic heterocycles. The van der Waals surface area contributed by atoms with Crippen LogP contribution in [0.15, 0.2) is 24.3 Å². The molecule has 1 rings (SSSR count). The number of nitrogens with one attached hydrogen (secondary N) is 2. The molecule has 0 saturated heterocycles. The van der Waals surface area contributed by atoms with Gasteiger partial charge in [0.2, 0.25) is 5.91 Å². The van der Waals surface area contributed by atoms with E-state index in [1.54, 1.807) is 0 Å². The van der Waals surface area contributed by atoms with Crippen molar-refractivity contribution in [3.05, 3.63) is 35.6 Å². The number of halogens is 2. The first-order valence-corrected chi connectivity index (χ1v) is 7.00. The molecule has 0 fully saturated rings. The lowest BCUT2D eigenvalue weighted by Gasteiger charge is -2.19. The number of Topliss-reactive ketones (excluding diaryl/α,β-unsaturated/α-hetero) is 1. The number of alkyl halides is 1. The van der Waals surface area contributed by atoms with Crippen molar-refractivity contribution in [3.8, 4) is 0 Å². The van der Waals surface area contributed by atoms with Gasteiger partial charge in [0.05, 0.1) is 11.9 Å². The van der Waals surface area contributed by atoms with Gasteiger partial charge >= 0.3 is 6.09 Å². The average Bonchev–Trinajstić information content (AvgIpc) is 2.47. The summed E-state index contributed by atoms with van der Waals surface area (Å²) in [7, 11) is 0. The molecule has 0 spiro atoms. The predicted molar refractivity (Wildman–Crippen MR) is 78.4 cm³/mol. The molecule has 0 aliphatic rings. The number of ketones is 1. The minimum absolute atomic E-state index is 0.0280. The number of rotatable bonds is 7. The summed E-state index contributed by atoms with van der Waals surface area (Å²) in [6.45, 7) is 1.46. The van der Waals surface area contributed by atoms with Gasteiger partial charge in [-0.2, -0.15) is 0 Å². The van der Waals surface area contributed by atoms with Gasteiger partial charge in [-0.05, 0) is 24.6 Å². The Bertz CT molecular complexity index is 550. The molecule has 3 N–H and O–H groups in total. The van der Waals surface area contributed by atoms with E-state index in [4.69, 9.17) is 16.7 Å². The standard InChI is InChI=1S/C14H16ClFN2O4/c1-8(12(19)7-15)17-13(20)11(18-14(21)22)6-9-2-4-10(16)5-3-9/h2-5,8,11,18H,6-7H2,1H3,(H,17,20)(H,21,22). The third-order valence-corrected chi connectivity index (χ3v) is 3.20. The van der Waals surface area contributed by atoms with E-state index in [0.717, 1.165) is 0 Å². The van der Waals surface area contributed by atoms with E-state index < -0.39 is 29.9 Å². The molecule has 1 aromatic carbocycles. The Hall–Kier alpha value is -2.15. The second-order valence-corrected chi connectivity index (χ2v) is 4.93. The average molecular weight is 331 g/mol. The lowest BCUT2D eigenvalue weighted by atomic mass is 10.0. The quantitative estimate of drug-likeness (QED) is 0.657.